The fourth-order valence-corrected chi connectivity index (χ4v) is 2.28. The Bertz CT molecular complexity index is 648. The Morgan fingerprint density at radius 2 is 2.43 bits per heavy atom. The van der Waals surface area contributed by atoms with Crippen LogP contribution >= 0.6 is 0 Å². The molecule has 1 fully saturated rings. The van der Waals surface area contributed by atoms with E-state index in [-0.39, 0.29) is 30.5 Å². The SMILES string of the molecule is Nc1nnnn1CC(=O)N[C@@H]1CCOC[C@H]1Oc1ccccn1. The molecule has 0 spiro atoms. The van der Waals surface area contributed by atoms with Crippen molar-refractivity contribution in [3.8, 4) is 5.88 Å². The largest absolute Gasteiger partial charge is 0.470 e. The summed E-state index contributed by atoms with van der Waals surface area (Å²) in [6.07, 6.45) is 1.98. The van der Waals surface area contributed by atoms with Crippen molar-refractivity contribution in [2.45, 2.75) is 25.1 Å². The van der Waals surface area contributed by atoms with Crippen LogP contribution < -0.4 is 15.8 Å². The number of ether oxygens (including phenoxy) is 2. The number of aromatic nitrogens is 5. The average Bonchev–Trinajstić information content (AvgIpc) is 2.95. The van der Waals surface area contributed by atoms with Gasteiger partial charge in [-0.05, 0) is 22.9 Å². The highest BCUT2D eigenvalue weighted by atomic mass is 16.5. The molecule has 2 atom stereocenters. The molecule has 0 unspecified atom stereocenters. The Kier molecular flexibility index (Phi) is 4.62. The molecule has 23 heavy (non-hydrogen) atoms. The second kappa shape index (κ2) is 7.01. The highest BCUT2D eigenvalue weighted by molar-refractivity contribution is 5.76. The third-order valence-electron chi connectivity index (χ3n) is 3.41. The molecule has 0 aliphatic carbocycles. The molecule has 3 N–H and O–H groups in total. The van der Waals surface area contributed by atoms with E-state index in [1.165, 1.54) is 4.68 Å². The molecule has 10 nitrogen and oxygen atoms in total. The van der Waals surface area contributed by atoms with Crippen LogP contribution in [0, 0.1) is 0 Å². The number of rotatable bonds is 5. The normalized spacial score (nSPS) is 20.9. The summed E-state index contributed by atoms with van der Waals surface area (Å²) in [5, 5.41) is 13.5. The third kappa shape index (κ3) is 3.92. The minimum absolute atomic E-state index is 0.0491. The summed E-state index contributed by atoms with van der Waals surface area (Å²) in [6, 6.07) is 5.21. The Hall–Kier alpha value is -2.75. The van der Waals surface area contributed by atoms with Crippen molar-refractivity contribution in [2.24, 2.45) is 0 Å². The van der Waals surface area contributed by atoms with Crippen molar-refractivity contribution < 1.29 is 14.3 Å². The van der Waals surface area contributed by atoms with Gasteiger partial charge in [-0.3, -0.25) is 4.79 Å². The van der Waals surface area contributed by atoms with Crippen molar-refractivity contribution in [2.75, 3.05) is 18.9 Å². The van der Waals surface area contributed by atoms with E-state index in [0.717, 1.165) is 0 Å². The summed E-state index contributed by atoms with van der Waals surface area (Å²) >= 11 is 0. The molecule has 122 valence electrons. The van der Waals surface area contributed by atoms with Crippen LogP contribution in [0.1, 0.15) is 6.42 Å². The lowest BCUT2D eigenvalue weighted by molar-refractivity contribution is -0.124. The van der Waals surface area contributed by atoms with E-state index in [4.69, 9.17) is 15.2 Å². The van der Waals surface area contributed by atoms with Crippen LogP contribution in [0.2, 0.25) is 0 Å². The molecule has 3 rings (SSSR count). The standard InChI is InChI=1S/C13H17N7O3/c14-13-17-18-19-20(13)7-11(21)16-9-4-6-22-8-10(9)23-12-3-1-2-5-15-12/h1-3,5,9-10H,4,6-8H2,(H,16,21)(H2,14,17,19)/t9-,10-/m1/s1. The second-order valence-corrected chi connectivity index (χ2v) is 5.06. The average molecular weight is 319 g/mol. The maximum Gasteiger partial charge on any atom is 0.242 e. The molecule has 2 aromatic rings. The summed E-state index contributed by atoms with van der Waals surface area (Å²) in [4.78, 5) is 16.3. The van der Waals surface area contributed by atoms with Gasteiger partial charge in [0.25, 0.3) is 0 Å². The number of carbonyl (C=O) groups is 1. The zero-order valence-electron chi connectivity index (χ0n) is 12.3. The Morgan fingerprint density at radius 1 is 1.52 bits per heavy atom. The van der Waals surface area contributed by atoms with Crippen LogP contribution in [0.3, 0.4) is 0 Å². The number of hydrogen-bond acceptors (Lipinski definition) is 8. The van der Waals surface area contributed by atoms with Crippen LogP contribution in [-0.4, -0.2) is 56.5 Å². The van der Waals surface area contributed by atoms with Crippen LogP contribution in [0.25, 0.3) is 0 Å². The molecular formula is C13H17N7O3. The number of tetrazole rings is 1. The fraction of sp³-hybridized carbons (Fsp3) is 0.462. The molecule has 0 aromatic carbocycles. The quantitative estimate of drug-likeness (QED) is 0.718. The number of nitrogen functional groups attached to an aromatic ring is 1. The molecule has 10 heteroatoms. The van der Waals surface area contributed by atoms with Crippen LogP contribution in [0.15, 0.2) is 24.4 Å². The number of nitrogens with zero attached hydrogens (tertiary/aromatic N) is 5. The summed E-state index contributed by atoms with van der Waals surface area (Å²) in [6.45, 7) is 0.890. The van der Waals surface area contributed by atoms with Gasteiger partial charge in [0.2, 0.25) is 17.7 Å². The predicted molar refractivity (Wildman–Crippen MR) is 78.2 cm³/mol. The lowest BCUT2D eigenvalue weighted by Crippen LogP contribution is -2.52. The molecular weight excluding hydrogens is 302 g/mol. The monoisotopic (exact) mass is 319 g/mol. The zero-order chi connectivity index (χ0) is 16.1. The summed E-state index contributed by atoms with van der Waals surface area (Å²) in [5.74, 6) is 0.339. The van der Waals surface area contributed by atoms with Crippen LogP contribution in [0.5, 0.6) is 5.88 Å². The van der Waals surface area contributed by atoms with E-state index in [0.29, 0.717) is 25.5 Å². The van der Waals surface area contributed by atoms with Gasteiger partial charge in [0, 0.05) is 18.9 Å². The maximum atomic E-state index is 12.1. The van der Waals surface area contributed by atoms with E-state index in [9.17, 15) is 4.79 Å². The fourth-order valence-electron chi connectivity index (χ4n) is 2.28. The van der Waals surface area contributed by atoms with Gasteiger partial charge in [-0.2, -0.15) is 0 Å². The molecule has 1 aliphatic heterocycles. The Balaban J connectivity index is 1.60. The van der Waals surface area contributed by atoms with E-state index >= 15 is 0 Å². The number of hydrogen-bond donors (Lipinski definition) is 2. The minimum Gasteiger partial charge on any atom is -0.470 e. The van der Waals surface area contributed by atoms with Crippen molar-refractivity contribution >= 4 is 11.9 Å². The molecule has 1 amide bonds. The summed E-state index contributed by atoms with van der Waals surface area (Å²) in [7, 11) is 0. The van der Waals surface area contributed by atoms with Gasteiger partial charge < -0.3 is 20.5 Å². The summed E-state index contributed by atoms with van der Waals surface area (Å²) < 4.78 is 12.5. The van der Waals surface area contributed by atoms with Crippen molar-refractivity contribution in [3.05, 3.63) is 24.4 Å². The highest BCUT2D eigenvalue weighted by Crippen LogP contribution is 2.15. The maximum absolute atomic E-state index is 12.1. The van der Waals surface area contributed by atoms with E-state index < -0.39 is 0 Å². The number of nitrogens with two attached hydrogens (primary N) is 1. The minimum atomic E-state index is -0.311. The van der Waals surface area contributed by atoms with Crippen molar-refractivity contribution in [1.29, 1.82) is 0 Å². The molecule has 2 aromatic heterocycles. The van der Waals surface area contributed by atoms with Crippen LogP contribution in [-0.2, 0) is 16.1 Å². The first-order valence-corrected chi connectivity index (χ1v) is 7.19. The Labute approximate surface area is 132 Å². The van der Waals surface area contributed by atoms with Crippen molar-refractivity contribution in [3.63, 3.8) is 0 Å². The van der Waals surface area contributed by atoms with Gasteiger partial charge in [0.1, 0.15) is 12.6 Å². The van der Waals surface area contributed by atoms with E-state index in [2.05, 4.69) is 25.8 Å². The van der Waals surface area contributed by atoms with E-state index in [1.54, 1.807) is 18.3 Å². The van der Waals surface area contributed by atoms with E-state index in [1.807, 2.05) is 6.07 Å². The van der Waals surface area contributed by atoms with Gasteiger partial charge in [-0.25, -0.2) is 9.67 Å². The predicted octanol–water partition coefficient (Wildman–Crippen LogP) is -0.997. The van der Waals surface area contributed by atoms with Gasteiger partial charge >= 0.3 is 0 Å². The number of nitrogens with one attached hydrogen (secondary N) is 1. The molecule has 3 heterocycles. The highest BCUT2D eigenvalue weighted by Gasteiger charge is 2.29. The lowest BCUT2D eigenvalue weighted by Gasteiger charge is -2.32. The Morgan fingerprint density at radius 3 is 3.17 bits per heavy atom. The first-order valence-electron chi connectivity index (χ1n) is 7.19. The zero-order valence-corrected chi connectivity index (χ0v) is 12.3. The summed E-state index contributed by atoms with van der Waals surface area (Å²) in [5.41, 5.74) is 5.55. The number of carbonyl (C=O) groups excluding carboxylic acids is 1. The first-order chi connectivity index (χ1) is 11.2. The third-order valence-corrected chi connectivity index (χ3v) is 3.41. The first kappa shape index (κ1) is 15.2. The molecule has 0 radical (unpaired) electrons. The van der Waals surface area contributed by atoms with Gasteiger partial charge in [0.15, 0.2) is 0 Å². The topological polar surface area (TPSA) is 130 Å². The molecule has 0 saturated carbocycles. The van der Waals surface area contributed by atoms with Crippen LogP contribution in [0.4, 0.5) is 5.95 Å². The second-order valence-electron chi connectivity index (χ2n) is 5.06. The molecule has 0 bridgehead atoms. The van der Waals surface area contributed by atoms with Gasteiger partial charge in [-0.15, -0.1) is 0 Å². The lowest BCUT2D eigenvalue weighted by atomic mass is 10.1. The van der Waals surface area contributed by atoms with Gasteiger partial charge in [0.05, 0.1) is 12.6 Å². The smallest absolute Gasteiger partial charge is 0.242 e. The number of anilines is 1. The molecule has 1 aliphatic rings. The van der Waals surface area contributed by atoms with Gasteiger partial charge in [-0.1, -0.05) is 11.2 Å². The van der Waals surface area contributed by atoms with Crippen molar-refractivity contribution in [1.82, 2.24) is 30.5 Å². The molecule has 1 saturated heterocycles. The number of pyridine rings is 1. The number of amides is 1.